The number of rotatable bonds is 5. The first-order valence-electron chi connectivity index (χ1n) is 9.46. The van der Waals surface area contributed by atoms with Gasteiger partial charge in [-0.1, -0.05) is 35.4 Å². The number of carbonyl (C=O) groups is 1. The molecule has 1 fully saturated rings. The van der Waals surface area contributed by atoms with Crippen LogP contribution in [0.25, 0.3) is 0 Å². The van der Waals surface area contributed by atoms with E-state index in [2.05, 4.69) is 17.4 Å². The molecule has 1 aliphatic rings. The van der Waals surface area contributed by atoms with Gasteiger partial charge in [0, 0.05) is 30.3 Å². The molecule has 0 aliphatic carbocycles. The van der Waals surface area contributed by atoms with Crippen LogP contribution in [-0.4, -0.2) is 42.6 Å². The highest BCUT2D eigenvalue weighted by Crippen LogP contribution is 2.25. The lowest BCUT2D eigenvalue weighted by Crippen LogP contribution is -2.38. The Balaban J connectivity index is 1.70. The molecule has 0 unspecified atom stereocenters. The van der Waals surface area contributed by atoms with Gasteiger partial charge in [0.15, 0.2) is 0 Å². The van der Waals surface area contributed by atoms with Gasteiger partial charge in [0.25, 0.3) is 10.2 Å². The van der Waals surface area contributed by atoms with Gasteiger partial charge in [-0.15, -0.1) is 0 Å². The van der Waals surface area contributed by atoms with Gasteiger partial charge in [0.05, 0.1) is 6.54 Å². The molecule has 0 atom stereocenters. The molecule has 1 saturated heterocycles. The summed E-state index contributed by atoms with van der Waals surface area (Å²) in [7, 11) is -3.70. The van der Waals surface area contributed by atoms with Crippen LogP contribution >= 0.6 is 11.6 Å². The van der Waals surface area contributed by atoms with E-state index >= 15 is 0 Å². The molecular formula is C21H26ClN3O3S. The van der Waals surface area contributed by atoms with Crippen LogP contribution in [-0.2, 0) is 21.5 Å². The highest BCUT2D eigenvalue weighted by atomic mass is 35.5. The van der Waals surface area contributed by atoms with Gasteiger partial charge in [-0.25, -0.2) is 0 Å². The fourth-order valence-electron chi connectivity index (χ4n) is 3.67. The minimum atomic E-state index is -3.70. The first-order valence-corrected chi connectivity index (χ1v) is 11.2. The average Bonchev–Trinajstić information content (AvgIpc) is 2.89. The van der Waals surface area contributed by atoms with Crippen LogP contribution in [0.4, 0.5) is 5.69 Å². The Morgan fingerprint density at radius 2 is 1.69 bits per heavy atom. The van der Waals surface area contributed by atoms with Crippen molar-refractivity contribution in [1.29, 1.82) is 0 Å². The number of nitrogens with one attached hydrogen (secondary N) is 1. The summed E-state index contributed by atoms with van der Waals surface area (Å²) in [5.41, 5.74) is 5.65. The van der Waals surface area contributed by atoms with Gasteiger partial charge in [-0.3, -0.25) is 4.79 Å². The third kappa shape index (κ3) is 4.64. The summed E-state index contributed by atoms with van der Waals surface area (Å²) in [4.78, 5) is 12.5. The first kappa shape index (κ1) is 21.8. The first-order chi connectivity index (χ1) is 13.6. The van der Waals surface area contributed by atoms with Crippen molar-refractivity contribution in [3.8, 4) is 0 Å². The molecular weight excluding hydrogens is 410 g/mol. The zero-order valence-corrected chi connectivity index (χ0v) is 18.7. The van der Waals surface area contributed by atoms with E-state index in [0.717, 1.165) is 27.8 Å². The maximum absolute atomic E-state index is 12.9. The van der Waals surface area contributed by atoms with Crippen molar-refractivity contribution in [2.24, 2.45) is 0 Å². The summed E-state index contributed by atoms with van der Waals surface area (Å²) in [6.45, 7) is 8.55. The number of benzene rings is 2. The van der Waals surface area contributed by atoms with Crippen molar-refractivity contribution in [1.82, 2.24) is 8.61 Å². The number of halogens is 1. The Bertz CT molecular complexity index is 1030. The molecule has 3 rings (SSSR count). The summed E-state index contributed by atoms with van der Waals surface area (Å²) in [5.74, 6) is -0.386. The minimum absolute atomic E-state index is 0.226. The van der Waals surface area contributed by atoms with Crippen LogP contribution in [0, 0.1) is 27.7 Å². The van der Waals surface area contributed by atoms with Gasteiger partial charge in [0.2, 0.25) is 5.91 Å². The standard InChI is InChI=1S/C21H26ClN3O3S/c1-14-10-15(2)18(16(3)11-14)12-24-8-9-25(29(24,27)28)13-21(26)23-20-7-5-6-19(22)17(20)4/h5-7,10-11H,8-9,12-13H2,1-4H3,(H,23,26). The molecule has 2 aromatic rings. The van der Waals surface area contributed by atoms with Gasteiger partial charge >= 0.3 is 0 Å². The van der Waals surface area contributed by atoms with E-state index in [1.807, 2.05) is 20.8 Å². The van der Waals surface area contributed by atoms with Crippen molar-refractivity contribution < 1.29 is 13.2 Å². The lowest BCUT2D eigenvalue weighted by atomic mass is 10.00. The van der Waals surface area contributed by atoms with E-state index in [1.165, 1.54) is 8.61 Å². The number of hydrogen-bond donors (Lipinski definition) is 1. The van der Waals surface area contributed by atoms with Crippen LogP contribution in [0.1, 0.15) is 27.8 Å². The molecule has 0 spiro atoms. The summed E-state index contributed by atoms with van der Waals surface area (Å²) in [5, 5.41) is 3.30. The molecule has 1 heterocycles. The molecule has 0 radical (unpaired) electrons. The second-order valence-electron chi connectivity index (χ2n) is 7.51. The fraction of sp³-hybridized carbons (Fsp3) is 0.381. The van der Waals surface area contributed by atoms with Gasteiger partial charge in [0.1, 0.15) is 0 Å². The third-order valence-electron chi connectivity index (χ3n) is 5.29. The molecule has 1 N–H and O–H groups in total. The normalized spacial score (nSPS) is 16.9. The minimum Gasteiger partial charge on any atom is -0.325 e. The average molecular weight is 436 g/mol. The predicted octanol–water partition coefficient (Wildman–Crippen LogP) is 3.57. The van der Waals surface area contributed by atoms with E-state index in [1.54, 1.807) is 25.1 Å². The number of hydrogen-bond acceptors (Lipinski definition) is 3. The summed E-state index contributed by atoms with van der Waals surface area (Å²) in [6, 6.07) is 9.34. The molecule has 0 aromatic heterocycles. The number of carbonyl (C=O) groups excluding carboxylic acids is 1. The Hall–Kier alpha value is -1.93. The number of aryl methyl sites for hydroxylation is 3. The van der Waals surface area contributed by atoms with Gasteiger partial charge in [-0.05, 0) is 62.1 Å². The van der Waals surface area contributed by atoms with Crippen LogP contribution in [0.3, 0.4) is 0 Å². The van der Waals surface area contributed by atoms with Crippen molar-refractivity contribution in [2.45, 2.75) is 34.2 Å². The molecule has 0 saturated carbocycles. The quantitative estimate of drug-likeness (QED) is 0.780. The smallest absolute Gasteiger partial charge is 0.282 e. The molecule has 8 heteroatoms. The van der Waals surface area contributed by atoms with Gasteiger partial charge in [-0.2, -0.15) is 17.0 Å². The molecule has 1 aliphatic heterocycles. The Kier molecular flexibility index (Phi) is 6.33. The number of nitrogens with zero attached hydrogens (tertiary/aromatic N) is 2. The number of amides is 1. The molecule has 29 heavy (non-hydrogen) atoms. The molecule has 1 amide bonds. The lowest BCUT2D eigenvalue weighted by molar-refractivity contribution is -0.116. The predicted molar refractivity (Wildman–Crippen MR) is 116 cm³/mol. The molecule has 6 nitrogen and oxygen atoms in total. The summed E-state index contributed by atoms with van der Waals surface area (Å²) in [6.07, 6.45) is 0. The highest BCUT2D eigenvalue weighted by Gasteiger charge is 2.37. The maximum Gasteiger partial charge on any atom is 0.282 e. The Morgan fingerprint density at radius 1 is 1.07 bits per heavy atom. The lowest BCUT2D eigenvalue weighted by Gasteiger charge is -2.21. The highest BCUT2D eigenvalue weighted by molar-refractivity contribution is 7.87. The zero-order valence-electron chi connectivity index (χ0n) is 17.1. The number of anilines is 1. The van der Waals surface area contributed by atoms with Crippen molar-refractivity contribution in [3.63, 3.8) is 0 Å². The van der Waals surface area contributed by atoms with Crippen molar-refractivity contribution >= 4 is 33.4 Å². The van der Waals surface area contributed by atoms with Gasteiger partial charge < -0.3 is 5.32 Å². The summed E-state index contributed by atoms with van der Waals surface area (Å²) >= 11 is 6.08. The maximum atomic E-state index is 12.9. The molecule has 156 valence electrons. The fourth-order valence-corrected chi connectivity index (χ4v) is 5.37. The van der Waals surface area contributed by atoms with Crippen molar-refractivity contribution in [3.05, 3.63) is 63.2 Å². The van der Waals surface area contributed by atoms with E-state index in [-0.39, 0.29) is 19.0 Å². The van der Waals surface area contributed by atoms with Crippen LogP contribution in [0.5, 0.6) is 0 Å². The van der Waals surface area contributed by atoms with Crippen LogP contribution < -0.4 is 5.32 Å². The molecule has 2 aromatic carbocycles. The van der Waals surface area contributed by atoms with Crippen molar-refractivity contribution in [2.75, 3.05) is 25.0 Å². The second kappa shape index (κ2) is 8.44. The van der Waals surface area contributed by atoms with E-state index in [9.17, 15) is 13.2 Å². The van der Waals surface area contributed by atoms with E-state index < -0.39 is 10.2 Å². The Morgan fingerprint density at radius 3 is 2.34 bits per heavy atom. The van der Waals surface area contributed by atoms with Crippen LogP contribution in [0.15, 0.2) is 30.3 Å². The van der Waals surface area contributed by atoms with Crippen LogP contribution in [0.2, 0.25) is 5.02 Å². The largest absolute Gasteiger partial charge is 0.325 e. The monoisotopic (exact) mass is 435 g/mol. The summed E-state index contributed by atoms with van der Waals surface area (Å²) < 4.78 is 28.6. The van der Waals surface area contributed by atoms with E-state index in [0.29, 0.717) is 23.8 Å². The van der Waals surface area contributed by atoms with E-state index in [4.69, 9.17) is 11.6 Å². The zero-order chi connectivity index (χ0) is 21.3. The SMILES string of the molecule is Cc1cc(C)c(CN2CCN(CC(=O)Nc3cccc(Cl)c3C)S2(=O)=O)c(C)c1. The third-order valence-corrected chi connectivity index (χ3v) is 7.63. The molecule has 0 bridgehead atoms. The second-order valence-corrected chi connectivity index (χ2v) is 9.85. The topological polar surface area (TPSA) is 69.7 Å². The Labute approximate surface area is 177 Å².